The summed E-state index contributed by atoms with van der Waals surface area (Å²) in [5, 5.41) is 0. The van der Waals surface area contributed by atoms with E-state index in [1.54, 1.807) is 24.3 Å². The van der Waals surface area contributed by atoms with Crippen LogP contribution in [0.5, 0.6) is 11.5 Å². The summed E-state index contributed by atoms with van der Waals surface area (Å²) in [6.45, 7) is 0. The van der Waals surface area contributed by atoms with Crippen LogP contribution in [0.25, 0.3) is 11.1 Å². The van der Waals surface area contributed by atoms with Gasteiger partial charge < -0.3 is 9.47 Å². The van der Waals surface area contributed by atoms with Crippen molar-refractivity contribution in [3.8, 4) is 22.6 Å². The van der Waals surface area contributed by atoms with E-state index in [1.807, 2.05) is 24.3 Å². The molecular formula is C18H18O4S2. The third-order valence-corrected chi connectivity index (χ3v) is 3.58. The minimum absolute atomic E-state index is 0.276. The van der Waals surface area contributed by atoms with Crippen LogP contribution >= 0.6 is 25.3 Å². The number of ether oxygens (including phenoxy) is 2. The molecule has 2 aromatic rings. The molecule has 0 aliphatic heterocycles. The predicted molar refractivity (Wildman–Crippen MR) is 100 cm³/mol. The Hall–Kier alpha value is -1.92. The van der Waals surface area contributed by atoms with Crippen molar-refractivity contribution in [1.29, 1.82) is 0 Å². The van der Waals surface area contributed by atoms with Crippen LogP contribution in [-0.4, -0.2) is 23.4 Å². The number of benzene rings is 2. The molecular weight excluding hydrogens is 344 g/mol. The van der Waals surface area contributed by atoms with Crippen molar-refractivity contribution in [1.82, 2.24) is 0 Å². The van der Waals surface area contributed by atoms with Crippen LogP contribution < -0.4 is 9.47 Å². The van der Waals surface area contributed by atoms with E-state index in [9.17, 15) is 9.59 Å². The van der Waals surface area contributed by atoms with Crippen LogP contribution in [0.1, 0.15) is 12.8 Å². The van der Waals surface area contributed by atoms with Gasteiger partial charge in [0, 0.05) is 11.5 Å². The minimum atomic E-state index is -0.301. The third-order valence-electron chi connectivity index (χ3n) is 3.14. The molecule has 126 valence electrons. The Kier molecular flexibility index (Phi) is 7.21. The average molecular weight is 362 g/mol. The molecule has 0 saturated heterocycles. The Labute approximate surface area is 152 Å². The summed E-state index contributed by atoms with van der Waals surface area (Å²) in [6, 6.07) is 14.4. The highest BCUT2D eigenvalue weighted by molar-refractivity contribution is 7.80. The first-order chi connectivity index (χ1) is 11.6. The lowest BCUT2D eigenvalue weighted by molar-refractivity contribution is -0.134. The highest BCUT2D eigenvalue weighted by atomic mass is 32.1. The molecule has 0 radical (unpaired) electrons. The van der Waals surface area contributed by atoms with Gasteiger partial charge in [0.1, 0.15) is 11.5 Å². The zero-order valence-corrected chi connectivity index (χ0v) is 14.8. The number of esters is 2. The van der Waals surface area contributed by atoms with Gasteiger partial charge in [-0.15, -0.1) is 0 Å². The molecule has 0 heterocycles. The van der Waals surface area contributed by atoms with Gasteiger partial charge in [0.15, 0.2) is 0 Å². The Balaban J connectivity index is 2.01. The standard InChI is InChI=1S/C18H18O4S2/c19-17(9-11-23)21-15-5-1-13(2-6-15)14-3-7-16(8-4-14)22-18(20)10-12-24/h1-8,23-24H,9-12H2. The maximum atomic E-state index is 11.4. The lowest BCUT2D eigenvalue weighted by Gasteiger charge is -2.07. The molecule has 4 nitrogen and oxygen atoms in total. The molecule has 0 spiro atoms. The Morgan fingerprint density at radius 1 is 0.667 bits per heavy atom. The molecule has 0 N–H and O–H groups in total. The largest absolute Gasteiger partial charge is 0.427 e. The van der Waals surface area contributed by atoms with E-state index in [2.05, 4.69) is 25.3 Å². The fourth-order valence-corrected chi connectivity index (χ4v) is 2.34. The Morgan fingerprint density at radius 2 is 1.00 bits per heavy atom. The highest BCUT2D eigenvalue weighted by Gasteiger charge is 2.06. The van der Waals surface area contributed by atoms with Crippen LogP contribution in [0.2, 0.25) is 0 Å². The number of hydrogen-bond donors (Lipinski definition) is 2. The van der Waals surface area contributed by atoms with Gasteiger partial charge in [-0.1, -0.05) is 24.3 Å². The van der Waals surface area contributed by atoms with E-state index in [0.717, 1.165) is 11.1 Å². The number of rotatable bonds is 7. The molecule has 0 unspecified atom stereocenters. The van der Waals surface area contributed by atoms with Crippen LogP contribution in [0, 0.1) is 0 Å². The van der Waals surface area contributed by atoms with E-state index in [0.29, 0.717) is 23.0 Å². The molecule has 0 fully saturated rings. The van der Waals surface area contributed by atoms with E-state index in [1.165, 1.54) is 0 Å². The van der Waals surface area contributed by atoms with Crippen molar-refractivity contribution in [2.24, 2.45) is 0 Å². The molecule has 24 heavy (non-hydrogen) atoms. The maximum Gasteiger partial charge on any atom is 0.312 e. The second-order valence-corrected chi connectivity index (χ2v) is 5.84. The van der Waals surface area contributed by atoms with Crippen molar-refractivity contribution in [3.05, 3.63) is 48.5 Å². The molecule has 0 bridgehead atoms. The zero-order chi connectivity index (χ0) is 17.4. The summed E-state index contributed by atoms with van der Waals surface area (Å²) in [6.07, 6.45) is 0.552. The fourth-order valence-electron chi connectivity index (χ4n) is 1.98. The topological polar surface area (TPSA) is 52.6 Å². The Bertz CT molecular complexity index is 620. The minimum Gasteiger partial charge on any atom is -0.427 e. The first kappa shape index (κ1) is 18.4. The smallest absolute Gasteiger partial charge is 0.312 e. The second kappa shape index (κ2) is 9.39. The first-order valence-electron chi connectivity index (χ1n) is 7.46. The second-order valence-electron chi connectivity index (χ2n) is 4.94. The van der Waals surface area contributed by atoms with E-state index in [4.69, 9.17) is 9.47 Å². The summed E-state index contributed by atoms with van der Waals surface area (Å²) in [5.41, 5.74) is 1.94. The van der Waals surface area contributed by atoms with E-state index >= 15 is 0 Å². The number of thiol groups is 2. The molecule has 2 rings (SSSR count). The highest BCUT2D eigenvalue weighted by Crippen LogP contribution is 2.25. The molecule has 2 aromatic carbocycles. The normalized spacial score (nSPS) is 10.2. The SMILES string of the molecule is O=C(CCS)Oc1ccc(-c2ccc(OC(=O)CCS)cc2)cc1. The molecule has 0 saturated carbocycles. The van der Waals surface area contributed by atoms with Crippen molar-refractivity contribution >= 4 is 37.2 Å². The van der Waals surface area contributed by atoms with Gasteiger partial charge in [0.2, 0.25) is 0 Å². The molecule has 0 atom stereocenters. The predicted octanol–water partition coefficient (Wildman–Crippen LogP) is 3.80. The van der Waals surface area contributed by atoms with Gasteiger partial charge in [-0.3, -0.25) is 9.59 Å². The maximum absolute atomic E-state index is 11.4. The fraction of sp³-hybridized carbons (Fsp3) is 0.222. The quantitative estimate of drug-likeness (QED) is 0.447. The molecule has 0 aliphatic carbocycles. The number of carbonyl (C=O) groups excluding carboxylic acids is 2. The number of carbonyl (C=O) groups is 2. The summed E-state index contributed by atoms with van der Waals surface area (Å²) in [5.74, 6) is 1.32. The van der Waals surface area contributed by atoms with Crippen LogP contribution in [0.3, 0.4) is 0 Å². The lowest BCUT2D eigenvalue weighted by atomic mass is 10.1. The summed E-state index contributed by atoms with van der Waals surface area (Å²) < 4.78 is 10.4. The average Bonchev–Trinajstić information content (AvgIpc) is 2.57. The van der Waals surface area contributed by atoms with Crippen molar-refractivity contribution < 1.29 is 19.1 Å². The lowest BCUT2D eigenvalue weighted by Crippen LogP contribution is -2.08. The van der Waals surface area contributed by atoms with Crippen LogP contribution in [0.15, 0.2) is 48.5 Å². The van der Waals surface area contributed by atoms with Crippen molar-refractivity contribution in [3.63, 3.8) is 0 Å². The monoisotopic (exact) mass is 362 g/mol. The van der Waals surface area contributed by atoms with Crippen molar-refractivity contribution in [2.45, 2.75) is 12.8 Å². The van der Waals surface area contributed by atoms with Crippen LogP contribution in [-0.2, 0) is 9.59 Å². The van der Waals surface area contributed by atoms with E-state index in [-0.39, 0.29) is 24.8 Å². The zero-order valence-electron chi connectivity index (χ0n) is 13.0. The van der Waals surface area contributed by atoms with E-state index < -0.39 is 0 Å². The van der Waals surface area contributed by atoms with Gasteiger partial charge in [-0.2, -0.15) is 25.3 Å². The molecule has 0 amide bonds. The number of hydrogen-bond acceptors (Lipinski definition) is 6. The van der Waals surface area contributed by atoms with Gasteiger partial charge in [0.25, 0.3) is 0 Å². The molecule has 0 aliphatic rings. The third kappa shape index (κ3) is 5.62. The first-order valence-corrected chi connectivity index (χ1v) is 8.72. The van der Waals surface area contributed by atoms with Crippen molar-refractivity contribution in [2.75, 3.05) is 11.5 Å². The summed E-state index contributed by atoms with van der Waals surface area (Å²) in [4.78, 5) is 22.8. The van der Waals surface area contributed by atoms with Crippen LogP contribution in [0.4, 0.5) is 0 Å². The Morgan fingerprint density at radius 3 is 1.29 bits per heavy atom. The molecule has 0 aromatic heterocycles. The molecule has 6 heteroatoms. The summed E-state index contributed by atoms with van der Waals surface area (Å²) in [7, 11) is 0. The summed E-state index contributed by atoms with van der Waals surface area (Å²) >= 11 is 7.99. The van der Waals surface area contributed by atoms with Gasteiger partial charge in [-0.05, 0) is 35.4 Å². The van der Waals surface area contributed by atoms with Gasteiger partial charge >= 0.3 is 11.9 Å². The van der Waals surface area contributed by atoms with Gasteiger partial charge in [-0.25, -0.2) is 0 Å². The van der Waals surface area contributed by atoms with Gasteiger partial charge in [0.05, 0.1) is 12.8 Å².